The van der Waals surface area contributed by atoms with Crippen molar-refractivity contribution in [3.8, 4) is 11.8 Å². The summed E-state index contributed by atoms with van der Waals surface area (Å²) >= 11 is 0. The van der Waals surface area contributed by atoms with E-state index in [0.717, 1.165) is 12.1 Å². The second kappa shape index (κ2) is 7.22. The van der Waals surface area contributed by atoms with Gasteiger partial charge < -0.3 is 10.5 Å². The van der Waals surface area contributed by atoms with E-state index in [4.69, 9.17) is 5.73 Å². The highest BCUT2D eigenvalue weighted by Crippen LogP contribution is 2.23. The Labute approximate surface area is 112 Å². The van der Waals surface area contributed by atoms with Gasteiger partial charge in [-0.25, -0.2) is 13.2 Å². The van der Waals surface area contributed by atoms with Crippen molar-refractivity contribution in [1.82, 2.24) is 0 Å². The summed E-state index contributed by atoms with van der Waals surface area (Å²) in [5, 5.41) is 0. The Morgan fingerprint density at radius 1 is 1.25 bits per heavy atom. The summed E-state index contributed by atoms with van der Waals surface area (Å²) in [6.45, 7) is -1.77. The van der Waals surface area contributed by atoms with E-state index in [2.05, 4.69) is 16.6 Å². The molecule has 1 aromatic carbocycles. The Balaban J connectivity index is 2.67. The van der Waals surface area contributed by atoms with Gasteiger partial charge in [0.15, 0.2) is 0 Å². The van der Waals surface area contributed by atoms with E-state index in [1.165, 1.54) is 6.07 Å². The van der Waals surface area contributed by atoms with Crippen molar-refractivity contribution in [2.75, 3.05) is 13.2 Å². The van der Waals surface area contributed by atoms with Crippen molar-refractivity contribution in [1.29, 1.82) is 0 Å². The van der Waals surface area contributed by atoms with Crippen LogP contribution in [0.3, 0.4) is 0 Å². The molecule has 0 aromatic heterocycles. The Morgan fingerprint density at radius 2 is 1.95 bits per heavy atom. The standard InChI is InChI=1S/C13H12F5NO/c14-11-5-9(2-1-3-19)4-10(6-11)7-20-8-13(17,18)12(15)16/h4-6,12H,3,7-8,19H2. The summed E-state index contributed by atoms with van der Waals surface area (Å²) < 4.78 is 66.7. The molecule has 0 amide bonds. The lowest BCUT2D eigenvalue weighted by molar-refractivity contribution is -0.168. The number of alkyl halides is 4. The molecule has 0 aliphatic heterocycles. The maximum atomic E-state index is 13.2. The number of benzene rings is 1. The molecular formula is C13H12F5NO. The lowest BCUT2D eigenvalue weighted by Gasteiger charge is -2.15. The van der Waals surface area contributed by atoms with Gasteiger partial charge in [-0.05, 0) is 23.8 Å². The molecule has 2 nitrogen and oxygen atoms in total. The van der Waals surface area contributed by atoms with Gasteiger partial charge in [0.25, 0.3) is 0 Å². The summed E-state index contributed by atoms with van der Waals surface area (Å²) in [5.41, 5.74) is 5.68. The lowest BCUT2D eigenvalue weighted by atomic mass is 10.1. The monoisotopic (exact) mass is 293 g/mol. The van der Waals surface area contributed by atoms with Crippen LogP contribution in [0.5, 0.6) is 0 Å². The highest BCUT2D eigenvalue weighted by atomic mass is 19.3. The molecule has 0 saturated carbocycles. The predicted octanol–water partition coefficient (Wildman–Crippen LogP) is 2.55. The van der Waals surface area contributed by atoms with Crippen molar-refractivity contribution >= 4 is 0 Å². The van der Waals surface area contributed by atoms with Crippen molar-refractivity contribution in [3.05, 3.63) is 35.1 Å². The van der Waals surface area contributed by atoms with Crippen molar-refractivity contribution in [2.24, 2.45) is 5.73 Å². The molecule has 110 valence electrons. The fourth-order valence-electron chi connectivity index (χ4n) is 1.33. The van der Waals surface area contributed by atoms with Gasteiger partial charge >= 0.3 is 12.3 Å². The molecule has 1 aromatic rings. The van der Waals surface area contributed by atoms with Crippen LogP contribution in [0.2, 0.25) is 0 Å². The zero-order valence-electron chi connectivity index (χ0n) is 10.3. The van der Waals surface area contributed by atoms with Crippen LogP contribution in [0.25, 0.3) is 0 Å². The lowest BCUT2D eigenvalue weighted by Crippen LogP contribution is -2.32. The average Bonchev–Trinajstić information content (AvgIpc) is 2.35. The minimum absolute atomic E-state index is 0.0863. The molecule has 1 rings (SSSR count). The smallest absolute Gasteiger partial charge is 0.330 e. The largest absolute Gasteiger partial charge is 0.370 e. The normalized spacial score (nSPS) is 11.3. The molecule has 0 saturated heterocycles. The molecule has 0 aliphatic rings. The molecular weight excluding hydrogens is 281 g/mol. The zero-order chi connectivity index (χ0) is 15.2. The van der Waals surface area contributed by atoms with Crippen LogP contribution in [-0.4, -0.2) is 25.5 Å². The van der Waals surface area contributed by atoms with Crippen molar-refractivity contribution in [2.45, 2.75) is 19.0 Å². The van der Waals surface area contributed by atoms with E-state index < -0.39 is 31.4 Å². The van der Waals surface area contributed by atoms with Crippen molar-refractivity contribution in [3.63, 3.8) is 0 Å². The molecule has 7 heteroatoms. The summed E-state index contributed by atoms with van der Waals surface area (Å²) in [4.78, 5) is 0. The number of nitrogens with two attached hydrogens (primary N) is 1. The molecule has 0 bridgehead atoms. The van der Waals surface area contributed by atoms with Gasteiger partial charge in [-0.2, -0.15) is 8.78 Å². The third kappa shape index (κ3) is 5.15. The van der Waals surface area contributed by atoms with Crippen LogP contribution in [0.15, 0.2) is 18.2 Å². The van der Waals surface area contributed by atoms with Crippen LogP contribution < -0.4 is 5.73 Å². The van der Waals surface area contributed by atoms with E-state index in [1.54, 1.807) is 0 Å². The molecule has 0 heterocycles. The Kier molecular flexibility index (Phi) is 5.92. The van der Waals surface area contributed by atoms with Crippen LogP contribution in [-0.2, 0) is 11.3 Å². The van der Waals surface area contributed by atoms with Gasteiger partial charge in [0.05, 0.1) is 13.2 Å². The van der Waals surface area contributed by atoms with E-state index in [0.29, 0.717) is 5.56 Å². The van der Waals surface area contributed by atoms with E-state index in [1.807, 2.05) is 0 Å². The van der Waals surface area contributed by atoms with E-state index in [9.17, 15) is 22.0 Å². The molecule has 0 spiro atoms. The molecule has 2 N–H and O–H groups in total. The highest BCUT2D eigenvalue weighted by Gasteiger charge is 2.40. The number of ether oxygens (including phenoxy) is 1. The first-order chi connectivity index (χ1) is 9.35. The van der Waals surface area contributed by atoms with Gasteiger partial charge in [0.1, 0.15) is 12.4 Å². The second-order valence-corrected chi connectivity index (χ2v) is 3.91. The van der Waals surface area contributed by atoms with E-state index in [-0.39, 0.29) is 12.1 Å². The van der Waals surface area contributed by atoms with Gasteiger partial charge in [-0.1, -0.05) is 11.8 Å². The zero-order valence-corrected chi connectivity index (χ0v) is 10.3. The molecule has 0 unspecified atom stereocenters. The topological polar surface area (TPSA) is 35.2 Å². The maximum absolute atomic E-state index is 13.2. The van der Waals surface area contributed by atoms with Crippen molar-refractivity contribution < 1.29 is 26.7 Å². The predicted molar refractivity (Wildman–Crippen MR) is 62.9 cm³/mol. The van der Waals surface area contributed by atoms with Gasteiger partial charge in [0, 0.05) is 5.56 Å². The number of rotatable bonds is 5. The molecule has 20 heavy (non-hydrogen) atoms. The minimum Gasteiger partial charge on any atom is -0.370 e. The fraction of sp³-hybridized carbons (Fsp3) is 0.385. The van der Waals surface area contributed by atoms with Crippen LogP contribution in [0.4, 0.5) is 22.0 Å². The number of hydrogen-bond acceptors (Lipinski definition) is 2. The quantitative estimate of drug-likeness (QED) is 0.669. The van der Waals surface area contributed by atoms with Crippen LogP contribution in [0.1, 0.15) is 11.1 Å². The third-order valence-electron chi connectivity index (χ3n) is 2.17. The summed E-state index contributed by atoms with van der Waals surface area (Å²) in [7, 11) is 0. The Morgan fingerprint density at radius 3 is 2.55 bits per heavy atom. The average molecular weight is 293 g/mol. The Hall–Kier alpha value is -1.65. The highest BCUT2D eigenvalue weighted by molar-refractivity contribution is 5.37. The van der Waals surface area contributed by atoms with Gasteiger partial charge in [-0.3, -0.25) is 0 Å². The van der Waals surface area contributed by atoms with Crippen LogP contribution >= 0.6 is 0 Å². The first kappa shape index (κ1) is 16.4. The maximum Gasteiger partial charge on any atom is 0.330 e. The molecule has 0 atom stereocenters. The number of hydrogen-bond donors (Lipinski definition) is 1. The molecule has 0 fully saturated rings. The molecule has 0 aliphatic carbocycles. The van der Waals surface area contributed by atoms with Gasteiger partial charge in [-0.15, -0.1) is 0 Å². The van der Waals surface area contributed by atoms with Gasteiger partial charge in [0.2, 0.25) is 0 Å². The number of halogens is 5. The molecule has 0 radical (unpaired) electrons. The fourth-order valence-corrected chi connectivity index (χ4v) is 1.33. The van der Waals surface area contributed by atoms with Crippen LogP contribution in [0, 0.1) is 17.7 Å². The first-order valence-electron chi connectivity index (χ1n) is 5.57. The Bertz CT molecular complexity index is 507. The SMILES string of the molecule is NCC#Cc1cc(F)cc(COCC(F)(F)C(F)F)c1. The first-order valence-corrected chi connectivity index (χ1v) is 5.57. The third-order valence-corrected chi connectivity index (χ3v) is 2.17. The summed E-state index contributed by atoms with van der Waals surface area (Å²) in [6, 6.07) is 3.60. The summed E-state index contributed by atoms with van der Waals surface area (Å²) in [5.74, 6) is 0.219. The minimum atomic E-state index is -4.23. The van der Waals surface area contributed by atoms with E-state index >= 15 is 0 Å². The summed E-state index contributed by atoms with van der Waals surface area (Å²) in [6.07, 6.45) is -3.80. The second-order valence-electron chi connectivity index (χ2n) is 3.91.